The number of aromatic amines is 1. The summed E-state index contributed by atoms with van der Waals surface area (Å²) in [6.45, 7) is 1.98. The summed E-state index contributed by atoms with van der Waals surface area (Å²) in [7, 11) is 0. The smallest absolute Gasteiger partial charge is 0.240 e. The van der Waals surface area contributed by atoms with E-state index in [9.17, 15) is 5.11 Å². The number of hydrogen-bond donors (Lipinski definition) is 3. The standard InChI is InChI=1S/C12H11N5O/c1-6-8-3-2-7(18)4-9(8)15-11(6)10-5-14-17-12(13)16-10/h2-5,15,18H,1H3,(H2,13,16,17). The minimum absolute atomic E-state index is 0.133. The molecule has 0 aliphatic heterocycles. The summed E-state index contributed by atoms with van der Waals surface area (Å²) in [6, 6.07) is 5.18. The minimum atomic E-state index is 0.133. The van der Waals surface area contributed by atoms with E-state index < -0.39 is 0 Å². The lowest BCUT2D eigenvalue weighted by atomic mass is 10.1. The minimum Gasteiger partial charge on any atom is -0.508 e. The van der Waals surface area contributed by atoms with E-state index in [1.807, 2.05) is 13.0 Å². The Hall–Kier alpha value is -2.63. The Morgan fingerprint density at radius 1 is 1.33 bits per heavy atom. The molecule has 18 heavy (non-hydrogen) atoms. The largest absolute Gasteiger partial charge is 0.508 e. The van der Waals surface area contributed by atoms with Crippen molar-refractivity contribution in [1.29, 1.82) is 0 Å². The third-order valence-corrected chi connectivity index (χ3v) is 2.87. The first-order valence-corrected chi connectivity index (χ1v) is 5.42. The molecule has 0 amide bonds. The number of phenols is 1. The van der Waals surface area contributed by atoms with Gasteiger partial charge >= 0.3 is 0 Å². The molecule has 90 valence electrons. The second kappa shape index (κ2) is 3.69. The number of rotatable bonds is 1. The van der Waals surface area contributed by atoms with Crippen LogP contribution in [0.2, 0.25) is 0 Å². The fraction of sp³-hybridized carbons (Fsp3) is 0.0833. The SMILES string of the molecule is Cc1c(-c2cnnc(N)n2)[nH]c2cc(O)ccc12. The molecule has 0 spiro atoms. The Morgan fingerprint density at radius 3 is 2.94 bits per heavy atom. The Labute approximate surface area is 103 Å². The number of aryl methyl sites for hydroxylation is 1. The van der Waals surface area contributed by atoms with E-state index in [0.29, 0.717) is 5.69 Å². The Balaban J connectivity index is 2.27. The van der Waals surface area contributed by atoms with Crippen LogP contribution in [-0.2, 0) is 0 Å². The summed E-state index contributed by atoms with van der Waals surface area (Å²) in [5.41, 5.74) is 8.87. The number of nitrogens with one attached hydrogen (secondary N) is 1. The molecule has 0 radical (unpaired) electrons. The zero-order chi connectivity index (χ0) is 12.7. The molecule has 3 rings (SSSR count). The lowest BCUT2D eigenvalue weighted by molar-refractivity contribution is 0.476. The molecule has 3 aromatic rings. The first-order chi connectivity index (χ1) is 8.65. The number of H-pyrrole nitrogens is 1. The van der Waals surface area contributed by atoms with Gasteiger partial charge in [-0.25, -0.2) is 4.98 Å². The van der Waals surface area contributed by atoms with Gasteiger partial charge < -0.3 is 15.8 Å². The molecular weight excluding hydrogens is 230 g/mol. The molecule has 0 bridgehead atoms. The number of benzene rings is 1. The van der Waals surface area contributed by atoms with E-state index in [1.54, 1.807) is 18.3 Å². The molecule has 1 aromatic carbocycles. The summed E-state index contributed by atoms with van der Waals surface area (Å²) in [5, 5.41) is 17.9. The first-order valence-electron chi connectivity index (χ1n) is 5.42. The normalized spacial score (nSPS) is 10.9. The zero-order valence-corrected chi connectivity index (χ0v) is 9.68. The molecule has 0 saturated heterocycles. The van der Waals surface area contributed by atoms with Crippen LogP contribution in [0.1, 0.15) is 5.56 Å². The maximum atomic E-state index is 9.47. The number of nitrogens with two attached hydrogens (primary N) is 1. The van der Waals surface area contributed by atoms with E-state index in [2.05, 4.69) is 20.2 Å². The molecule has 6 heteroatoms. The third kappa shape index (κ3) is 1.55. The quantitative estimate of drug-likeness (QED) is 0.601. The van der Waals surface area contributed by atoms with E-state index in [0.717, 1.165) is 22.2 Å². The highest BCUT2D eigenvalue weighted by Gasteiger charge is 2.11. The fourth-order valence-electron chi connectivity index (χ4n) is 2.02. The van der Waals surface area contributed by atoms with Crippen LogP contribution >= 0.6 is 0 Å². The predicted octanol–water partition coefficient (Wildman–Crippen LogP) is 1.62. The number of hydrogen-bond acceptors (Lipinski definition) is 5. The van der Waals surface area contributed by atoms with Gasteiger partial charge in [0, 0.05) is 17.0 Å². The molecule has 2 aromatic heterocycles. The number of aromatic hydroxyl groups is 1. The molecule has 0 aliphatic rings. The van der Waals surface area contributed by atoms with Crippen LogP contribution in [0.15, 0.2) is 24.4 Å². The van der Waals surface area contributed by atoms with Crippen molar-refractivity contribution in [2.24, 2.45) is 0 Å². The summed E-state index contributed by atoms with van der Waals surface area (Å²) in [5.74, 6) is 0.351. The van der Waals surface area contributed by atoms with Crippen molar-refractivity contribution in [2.75, 3.05) is 5.73 Å². The Morgan fingerprint density at radius 2 is 2.17 bits per heavy atom. The van der Waals surface area contributed by atoms with Crippen LogP contribution in [-0.4, -0.2) is 25.3 Å². The zero-order valence-electron chi connectivity index (χ0n) is 9.68. The molecule has 0 unspecified atom stereocenters. The van der Waals surface area contributed by atoms with Crippen molar-refractivity contribution in [3.05, 3.63) is 30.0 Å². The van der Waals surface area contributed by atoms with Gasteiger partial charge in [-0.1, -0.05) is 0 Å². The highest BCUT2D eigenvalue weighted by Crippen LogP contribution is 2.30. The van der Waals surface area contributed by atoms with Crippen molar-refractivity contribution >= 4 is 16.9 Å². The number of fused-ring (bicyclic) bond motifs is 1. The van der Waals surface area contributed by atoms with Crippen molar-refractivity contribution < 1.29 is 5.11 Å². The van der Waals surface area contributed by atoms with Crippen molar-refractivity contribution in [1.82, 2.24) is 20.2 Å². The average molecular weight is 241 g/mol. The second-order valence-corrected chi connectivity index (χ2v) is 4.05. The van der Waals surface area contributed by atoms with Gasteiger partial charge in [0.2, 0.25) is 5.95 Å². The number of nitrogens with zero attached hydrogens (tertiary/aromatic N) is 3. The van der Waals surface area contributed by atoms with E-state index in [-0.39, 0.29) is 11.7 Å². The third-order valence-electron chi connectivity index (χ3n) is 2.87. The molecule has 2 heterocycles. The fourth-order valence-corrected chi connectivity index (χ4v) is 2.02. The molecule has 0 saturated carbocycles. The molecule has 0 atom stereocenters. The highest BCUT2D eigenvalue weighted by atomic mass is 16.3. The van der Waals surface area contributed by atoms with Crippen LogP contribution in [0.3, 0.4) is 0 Å². The van der Waals surface area contributed by atoms with Crippen molar-refractivity contribution in [2.45, 2.75) is 6.92 Å². The lowest BCUT2D eigenvalue weighted by Crippen LogP contribution is -1.98. The molecule has 0 fully saturated rings. The van der Waals surface area contributed by atoms with Crippen LogP contribution in [0.5, 0.6) is 5.75 Å². The summed E-state index contributed by atoms with van der Waals surface area (Å²) >= 11 is 0. The van der Waals surface area contributed by atoms with Crippen molar-refractivity contribution in [3.63, 3.8) is 0 Å². The molecular formula is C12H11N5O. The van der Waals surface area contributed by atoms with Crippen LogP contribution in [0, 0.1) is 6.92 Å². The van der Waals surface area contributed by atoms with Crippen LogP contribution < -0.4 is 5.73 Å². The molecule has 0 aliphatic carbocycles. The van der Waals surface area contributed by atoms with Gasteiger partial charge in [0.05, 0.1) is 11.9 Å². The molecule has 6 nitrogen and oxygen atoms in total. The van der Waals surface area contributed by atoms with Gasteiger partial charge in [-0.3, -0.25) is 0 Å². The van der Waals surface area contributed by atoms with Crippen molar-refractivity contribution in [3.8, 4) is 17.1 Å². The van der Waals surface area contributed by atoms with Crippen LogP contribution in [0.4, 0.5) is 5.95 Å². The van der Waals surface area contributed by atoms with Gasteiger partial charge in [0.25, 0.3) is 0 Å². The topological polar surface area (TPSA) is 101 Å². The summed E-state index contributed by atoms with van der Waals surface area (Å²) in [6.07, 6.45) is 1.55. The Bertz CT molecular complexity index is 734. The van der Waals surface area contributed by atoms with E-state index in [4.69, 9.17) is 5.73 Å². The lowest BCUT2D eigenvalue weighted by Gasteiger charge is -1.98. The van der Waals surface area contributed by atoms with Gasteiger partial charge in [-0.15, -0.1) is 5.10 Å². The summed E-state index contributed by atoms with van der Waals surface area (Å²) < 4.78 is 0. The number of phenolic OH excluding ortho intramolecular Hbond substituents is 1. The van der Waals surface area contributed by atoms with Gasteiger partial charge in [0.1, 0.15) is 11.4 Å². The highest BCUT2D eigenvalue weighted by molar-refractivity contribution is 5.90. The Kier molecular flexibility index (Phi) is 2.16. The van der Waals surface area contributed by atoms with Gasteiger partial charge in [-0.05, 0) is 24.6 Å². The second-order valence-electron chi connectivity index (χ2n) is 4.05. The number of aromatic nitrogens is 4. The van der Waals surface area contributed by atoms with Gasteiger partial charge in [-0.2, -0.15) is 5.10 Å². The summed E-state index contributed by atoms with van der Waals surface area (Å²) in [4.78, 5) is 7.33. The maximum Gasteiger partial charge on any atom is 0.240 e. The van der Waals surface area contributed by atoms with E-state index >= 15 is 0 Å². The van der Waals surface area contributed by atoms with E-state index in [1.165, 1.54) is 0 Å². The first kappa shape index (κ1) is 10.5. The predicted molar refractivity (Wildman–Crippen MR) is 67.9 cm³/mol. The number of nitrogen functional groups attached to an aromatic ring is 1. The number of anilines is 1. The van der Waals surface area contributed by atoms with Crippen LogP contribution in [0.25, 0.3) is 22.3 Å². The van der Waals surface area contributed by atoms with Gasteiger partial charge in [0.15, 0.2) is 0 Å². The average Bonchev–Trinajstić information content (AvgIpc) is 2.66. The molecule has 4 N–H and O–H groups in total. The monoisotopic (exact) mass is 241 g/mol. The maximum absolute atomic E-state index is 9.47.